The Morgan fingerprint density at radius 2 is 2.21 bits per heavy atom. The molecular weight excluding hydrogens is 240 g/mol. The highest BCUT2D eigenvalue weighted by atomic mass is 16.2. The molecule has 0 saturated heterocycles. The predicted octanol–water partition coefficient (Wildman–Crippen LogP) is 2.14. The van der Waals surface area contributed by atoms with Gasteiger partial charge in [0.15, 0.2) is 0 Å². The Bertz CT molecular complexity index is 454. The zero-order valence-corrected chi connectivity index (χ0v) is 12.1. The molecule has 1 fully saturated rings. The highest BCUT2D eigenvalue weighted by molar-refractivity contribution is 5.97. The highest BCUT2D eigenvalue weighted by Gasteiger charge is 2.30. The molecule has 0 spiro atoms. The zero-order chi connectivity index (χ0) is 14.0. The van der Waals surface area contributed by atoms with Crippen molar-refractivity contribution in [2.24, 2.45) is 5.92 Å². The number of nitrogen functional groups attached to an aromatic ring is 1. The third-order valence-electron chi connectivity index (χ3n) is 4.25. The molecule has 2 unspecified atom stereocenters. The van der Waals surface area contributed by atoms with Gasteiger partial charge in [-0.2, -0.15) is 5.10 Å². The molecule has 106 valence electrons. The minimum absolute atomic E-state index is 0.00407. The SMILES string of the molecule is CCn1ncc(N)c1C(=O)N(C)C1CCCCC1C. The van der Waals surface area contributed by atoms with E-state index in [9.17, 15) is 4.79 Å². The lowest BCUT2D eigenvalue weighted by Crippen LogP contribution is -2.43. The van der Waals surface area contributed by atoms with Gasteiger partial charge in [-0.1, -0.05) is 19.8 Å². The molecule has 1 amide bonds. The number of hydrogen-bond donors (Lipinski definition) is 1. The van der Waals surface area contributed by atoms with Crippen molar-refractivity contribution in [2.45, 2.75) is 52.1 Å². The van der Waals surface area contributed by atoms with Gasteiger partial charge in [0.1, 0.15) is 5.69 Å². The molecule has 1 aliphatic carbocycles. The number of rotatable bonds is 3. The average Bonchev–Trinajstić information content (AvgIpc) is 2.78. The van der Waals surface area contributed by atoms with E-state index in [0.717, 1.165) is 6.42 Å². The largest absolute Gasteiger partial charge is 0.396 e. The minimum atomic E-state index is -0.00407. The van der Waals surface area contributed by atoms with E-state index in [1.54, 1.807) is 10.9 Å². The fourth-order valence-electron chi connectivity index (χ4n) is 3.06. The van der Waals surface area contributed by atoms with Crippen LogP contribution in [0.1, 0.15) is 50.0 Å². The molecule has 19 heavy (non-hydrogen) atoms. The molecule has 0 radical (unpaired) electrons. The van der Waals surface area contributed by atoms with Crippen LogP contribution in [0.2, 0.25) is 0 Å². The highest BCUT2D eigenvalue weighted by Crippen LogP contribution is 2.28. The van der Waals surface area contributed by atoms with Crippen molar-refractivity contribution in [1.82, 2.24) is 14.7 Å². The average molecular weight is 264 g/mol. The van der Waals surface area contributed by atoms with Crippen LogP contribution < -0.4 is 5.73 Å². The summed E-state index contributed by atoms with van der Waals surface area (Å²) in [5.41, 5.74) is 6.89. The second-order valence-corrected chi connectivity index (χ2v) is 5.51. The minimum Gasteiger partial charge on any atom is -0.396 e. The summed E-state index contributed by atoms with van der Waals surface area (Å²) in [7, 11) is 1.89. The van der Waals surface area contributed by atoms with E-state index in [-0.39, 0.29) is 5.91 Å². The summed E-state index contributed by atoms with van der Waals surface area (Å²) in [4.78, 5) is 14.5. The molecule has 1 aromatic heterocycles. The second kappa shape index (κ2) is 5.63. The fraction of sp³-hybridized carbons (Fsp3) is 0.714. The molecule has 0 aliphatic heterocycles. The van der Waals surface area contributed by atoms with E-state index in [2.05, 4.69) is 12.0 Å². The molecule has 0 aromatic carbocycles. The van der Waals surface area contributed by atoms with Crippen LogP contribution in [0.15, 0.2) is 6.20 Å². The predicted molar refractivity (Wildman–Crippen MR) is 75.8 cm³/mol. The third-order valence-corrected chi connectivity index (χ3v) is 4.25. The maximum absolute atomic E-state index is 12.6. The smallest absolute Gasteiger partial charge is 0.274 e. The Balaban J connectivity index is 2.20. The number of nitrogens with zero attached hydrogens (tertiary/aromatic N) is 3. The second-order valence-electron chi connectivity index (χ2n) is 5.51. The molecule has 1 saturated carbocycles. The molecule has 5 nitrogen and oxygen atoms in total. The fourth-order valence-corrected chi connectivity index (χ4v) is 3.06. The van der Waals surface area contributed by atoms with E-state index in [1.165, 1.54) is 19.3 Å². The van der Waals surface area contributed by atoms with E-state index < -0.39 is 0 Å². The normalized spacial score (nSPS) is 23.3. The molecular formula is C14H24N4O. The van der Waals surface area contributed by atoms with Crippen molar-refractivity contribution in [2.75, 3.05) is 12.8 Å². The quantitative estimate of drug-likeness (QED) is 0.909. The molecule has 2 rings (SSSR count). The Labute approximate surface area is 114 Å². The van der Waals surface area contributed by atoms with Crippen LogP contribution in [0.5, 0.6) is 0 Å². The summed E-state index contributed by atoms with van der Waals surface area (Å²) < 4.78 is 1.68. The number of nitrogens with two attached hydrogens (primary N) is 1. The van der Waals surface area contributed by atoms with Crippen LogP contribution in [-0.2, 0) is 6.54 Å². The Hall–Kier alpha value is -1.52. The standard InChI is InChI=1S/C14H24N4O/c1-4-18-13(11(15)9-16-18)14(19)17(3)12-8-6-5-7-10(12)2/h9-10,12H,4-8,15H2,1-3H3. The lowest BCUT2D eigenvalue weighted by Gasteiger charge is -2.36. The molecule has 1 aliphatic rings. The van der Waals surface area contributed by atoms with Gasteiger partial charge in [-0.05, 0) is 25.7 Å². The monoisotopic (exact) mass is 264 g/mol. The van der Waals surface area contributed by atoms with Crippen LogP contribution in [0.25, 0.3) is 0 Å². The number of aryl methyl sites for hydroxylation is 1. The van der Waals surface area contributed by atoms with Gasteiger partial charge in [0.2, 0.25) is 0 Å². The van der Waals surface area contributed by atoms with E-state index in [4.69, 9.17) is 5.73 Å². The van der Waals surface area contributed by atoms with Crippen LogP contribution in [0.4, 0.5) is 5.69 Å². The summed E-state index contributed by atoms with van der Waals surface area (Å²) in [5, 5.41) is 4.15. The van der Waals surface area contributed by atoms with Gasteiger partial charge >= 0.3 is 0 Å². The van der Waals surface area contributed by atoms with Crippen LogP contribution in [0, 0.1) is 5.92 Å². The zero-order valence-electron chi connectivity index (χ0n) is 12.1. The van der Waals surface area contributed by atoms with Gasteiger partial charge in [-0.3, -0.25) is 9.48 Å². The van der Waals surface area contributed by atoms with Gasteiger partial charge in [0.25, 0.3) is 5.91 Å². The number of carbonyl (C=O) groups excluding carboxylic acids is 1. The summed E-state index contributed by atoms with van der Waals surface area (Å²) >= 11 is 0. The van der Waals surface area contributed by atoms with Crippen molar-refractivity contribution < 1.29 is 4.79 Å². The molecule has 1 aromatic rings. The van der Waals surface area contributed by atoms with Crippen molar-refractivity contribution in [1.29, 1.82) is 0 Å². The van der Waals surface area contributed by atoms with Gasteiger partial charge < -0.3 is 10.6 Å². The first kappa shape index (κ1) is 13.9. The Morgan fingerprint density at radius 3 is 2.84 bits per heavy atom. The molecule has 1 heterocycles. The molecule has 0 bridgehead atoms. The van der Waals surface area contributed by atoms with Crippen molar-refractivity contribution >= 4 is 11.6 Å². The maximum atomic E-state index is 12.6. The first-order chi connectivity index (χ1) is 9.06. The number of aromatic nitrogens is 2. The van der Waals surface area contributed by atoms with Crippen LogP contribution in [0.3, 0.4) is 0 Å². The lowest BCUT2D eigenvalue weighted by atomic mass is 9.85. The first-order valence-corrected chi connectivity index (χ1v) is 7.14. The summed E-state index contributed by atoms with van der Waals surface area (Å²) in [5.74, 6) is 0.553. The van der Waals surface area contributed by atoms with Crippen LogP contribution in [-0.4, -0.2) is 33.7 Å². The van der Waals surface area contributed by atoms with Crippen molar-refractivity contribution in [3.63, 3.8) is 0 Å². The summed E-state index contributed by atoms with van der Waals surface area (Å²) in [6.07, 6.45) is 6.33. The third kappa shape index (κ3) is 2.60. The van der Waals surface area contributed by atoms with E-state index in [1.807, 2.05) is 18.9 Å². The summed E-state index contributed by atoms with van der Waals surface area (Å²) in [6, 6.07) is 0.320. The maximum Gasteiger partial charge on any atom is 0.274 e. The molecule has 2 N–H and O–H groups in total. The number of carbonyl (C=O) groups is 1. The van der Waals surface area contributed by atoms with Crippen molar-refractivity contribution in [3.8, 4) is 0 Å². The van der Waals surface area contributed by atoms with E-state index in [0.29, 0.717) is 29.9 Å². The topological polar surface area (TPSA) is 64.2 Å². The van der Waals surface area contributed by atoms with Crippen LogP contribution >= 0.6 is 0 Å². The van der Waals surface area contributed by atoms with Gasteiger partial charge in [-0.15, -0.1) is 0 Å². The van der Waals surface area contributed by atoms with Gasteiger partial charge in [0, 0.05) is 19.6 Å². The van der Waals surface area contributed by atoms with Crippen molar-refractivity contribution in [3.05, 3.63) is 11.9 Å². The first-order valence-electron chi connectivity index (χ1n) is 7.14. The number of hydrogen-bond acceptors (Lipinski definition) is 3. The Kier molecular flexibility index (Phi) is 4.12. The van der Waals surface area contributed by atoms with Gasteiger partial charge in [-0.25, -0.2) is 0 Å². The van der Waals surface area contributed by atoms with Gasteiger partial charge in [0.05, 0.1) is 11.9 Å². The number of amides is 1. The molecule has 5 heteroatoms. The number of anilines is 1. The van der Waals surface area contributed by atoms with E-state index >= 15 is 0 Å². The lowest BCUT2D eigenvalue weighted by molar-refractivity contribution is 0.0617. The Morgan fingerprint density at radius 1 is 1.53 bits per heavy atom. The summed E-state index contributed by atoms with van der Waals surface area (Å²) in [6.45, 7) is 4.85. The molecule has 2 atom stereocenters.